The maximum Gasteiger partial charge on any atom is 0.266 e. The minimum Gasteiger partial charge on any atom is -0.384 e. The molecule has 1 rings (SSSR count). The average molecular weight is 168 g/mol. The third-order valence-electron chi connectivity index (χ3n) is 1.59. The zero-order valence-corrected chi connectivity index (χ0v) is 7.40. The normalized spacial score (nSPS) is 11.7. The molecular weight excluding hydrogens is 156 g/mol. The standard InChI is InChI=1S/C8H12N2O2/c1-8(2,12)6-4-5-7(11)10(3)9-6/h4-5,12H,1-3H3. The summed E-state index contributed by atoms with van der Waals surface area (Å²) >= 11 is 0. The third-order valence-corrected chi connectivity index (χ3v) is 1.59. The SMILES string of the molecule is Cn1nc(C(C)(C)O)ccc1=O. The van der Waals surface area contributed by atoms with Crippen LogP contribution in [0.25, 0.3) is 0 Å². The van der Waals surface area contributed by atoms with Crippen LogP contribution in [0.2, 0.25) is 0 Å². The van der Waals surface area contributed by atoms with Crippen LogP contribution in [0, 0.1) is 0 Å². The van der Waals surface area contributed by atoms with Crippen molar-refractivity contribution >= 4 is 0 Å². The Hall–Kier alpha value is -1.16. The van der Waals surface area contributed by atoms with E-state index in [4.69, 9.17) is 0 Å². The Kier molecular flexibility index (Phi) is 2.02. The van der Waals surface area contributed by atoms with Gasteiger partial charge in [0.2, 0.25) is 0 Å². The quantitative estimate of drug-likeness (QED) is 0.642. The van der Waals surface area contributed by atoms with Crippen LogP contribution < -0.4 is 5.56 Å². The monoisotopic (exact) mass is 168 g/mol. The molecule has 0 aliphatic heterocycles. The summed E-state index contributed by atoms with van der Waals surface area (Å²) in [6, 6.07) is 2.92. The van der Waals surface area contributed by atoms with Crippen molar-refractivity contribution in [1.82, 2.24) is 9.78 Å². The Morgan fingerprint density at radius 2 is 2.08 bits per heavy atom. The van der Waals surface area contributed by atoms with Gasteiger partial charge in [-0.25, -0.2) is 4.68 Å². The minimum absolute atomic E-state index is 0.178. The van der Waals surface area contributed by atoms with Crippen LogP contribution in [-0.4, -0.2) is 14.9 Å². The number of hydrogen-bond acceptors (Lipinski definition) is 3. The molecule has 0 amide bonds. The van der Waals surface area contributed by atoms with E-state index in [2.05, 4.69) is 5.10 Å². The number of aryl methyl sites for hydroxylation is 1. The molecule has 66 valence electrons. The largest absolute Gasteiger partial charge is 0.384 e. The first-order valence-corrected chi connectivity index (χ1v) is 3.68. The smallest absolute Gasteiger partial charge is 0.266 e. The Labute approximate surface area is 70.5 Å². The summed E-state index contributed by atoms with van der Waals surface area (Å²) < 4.78 is 1.20. The molecule has 0 unspecified atom stereocenters. The lowest BCUT2D eigenvalue weighted by Gasteiger charge is -2.15. The number of aliphatic hydroxyl groups is 1. The molecule has 1 heterocycles. The Bertz CT molecular complexity index is 336. The minimum atomic E-state index is -0.995. The maximum atomic E-state index is 10.9. The van der Waals surface area contributed by atoms with Gasteiger partial charge in [-0.15, -0.1) is 0 Å². The third kappa shape index (κ3) is 1.71. The molecular formula is C8H12N2O2. The molecule has 0 fully saturated rings. The molecule has 0 radical (unpaired) electrons. The van der Waals surface area contributed by atoms with Gasteiger partial charge in [0.15, 0.2) is 0 Å². The molecule has 0 saturated heterocycles. The molecule has 0 saturated carbocycles. The van der Waals surface area contributed by atoms with E-state index in [0.29, 0.717) is 5.69 Å². The van der Waals surface area contributed by atoms with Crippen LogP contribution in [0.15, 0.2) is 16.9 Å². The van der Waals surface area contributed by atoms with Crippen molar-refractivity contribution < 1.29 is 5.11 Å². The van der Waals surface area contributed by atoms with Crippen molar-refractivity contribution in [3.8, 4) is 0 Å². The number of aromatic nitrogens is 2. The topological polar surface area (TPSA) is 55.1 Å². The summed E-state index contributed by atoms with van der Waals surface area (Å²) in [4.78, 5) is 10.9. The van der Waals surface area contributed by atoms with Gasteiger partial charge in [-0.05, 0) is 19.9 Å². The van der Waals surface area contributed by atoms with Crippen LogP contribution in [0.4, 0.5) is 0 Å². The van der Waals surface area contributed by atoms with Crippen molar-refractivity contribution in [2.45, 2.75) is 19.4 Å². The lowest BCUT2D eigenvalue weighted by Crippen LogP contribution is -2.25. The van der Waals surface area contributed by atoms with Gasteiger partial charge in [0.05, 0.1) is 5.69 Å². The van der Waals surface area contributed by atoms with E-state index in [0.717, 1.165) is 0 Å². The highest BCUT2D eigenvalue weighted by Crippen LogP contribution is 2.14. The van der Waals surface area contributed by atoms with E-state index in [1.165, 1.54) is 16.8 Å². The van der Waals surface area contributed by atoms with Gasteiger partial charge in [0.1, 0.15) is 5.60 Å². The van der Waals surface area contributed by atoms with Gasteiger partial charge in [-0.2, -0.15) is 5.10 Å². The Morgan fingerprint density at radius 3 is 2.50 bits per heavy atom. The summed E-state index contributed by atoms with van der Waals surface area (Å²) in [5.41, 5.74) is -0.682. The highest BCUT2D eigenvalue weighted by molar-refractivity contribution is 5.07. The molecule has 0 bridgehead atoms. The first kappa shape index (κ1) is 8.93. The van der Waals surface area contributed by atoms with Gasteiger partial charge >= 0.3 is 0 Å². The first-order chi connectivity index (χ1) is 5.41. The van der Waals surface area contributed by atoms with Crippen molar-refractivity contribution in [2.75, 3.05) is 0 Å². The molecule has 0 aromatic carbocycles. The molecule has 0 atom stereocenters. The van der Waals surface area contributed by atoms with Crippen LogP contribution >= 0.6 is 0 Å². The fourth-order valence-electron chi connectivity index (χ4n) is 0.829. The highest BCUT2D eigenvalue weighted by atomic mass is 16.3. The molecule has 1 N–H and O–H groups in total. The molecule has 12 heavy (non-hydrogen) atoms. The molecule has 4 nitrogen and oxygen atoms in total. The van der Waals surface area contributed by atoms with Crippen molar-refractivity contribution in [2.24, 2.45) is 7.05 Å². The van der Waals surface area contributed by atoms with E-state index in [1.54, 1.807) is 20.9 Å². The van der Waals surface area contributed by atoms with Gasteiger partial charge in [0.25, 0.3) is 5.56 Å². The summed E-state index contributed by atoms with van der Waals surface area (Å²) in [6.07, 6.45) is 0. The van der Waals surface area contributed by atoms with E-state index in [-0.39, 0.29) is 5.56 Å². The predicted octanol–water partition coefficient (Wildman–Crippen LogP) is 0.00770. The zero-order chi connectivity index (χ0) is 9.35. The Morgan fingerprint density at radius 1 is 1.50 bits per heavy atom. The number of hydrogen-bond donors (Lipinski definition) is 1. The summed E-state index contributed by atoms with van der Waals surface area (Å²) in [6.45, 7) is 3.25. The molecule has 1 aromatic heterocycles. The molecule has 0 aliphatic rings. The van der Waals surface area contributed by atoms with Crippen LogP contribution in [0.1, 0.15) is 19.5 Å². The molecule has 0 aliphatic carbocycles. The average Bonchev–Trinajstić information content (AvgIpc) is 1.92. The van der Waals surface area contributed by atoms with E-state index in [9.17, 15) is 9.90 Å². The number of nitrogens with zero attached hydrogens (tertiary/aromatic N) is 2. The van der Waals surface area contributed by atoms with Crippen molar-refractivity contribution in [1.29, 1.82) is 0 Å². The lowest BCUT2D eigenvalue weighted by molar-refractivity contribution is 0.0717. The second-order valence-corrected chi connectivity index (χ2v) is 3.24. The summed E-state index contributed by atoms with van der Waals surface area (Å²) in [7, 11) is 1.55. The van der Waals surface area contributed by atoms with Crippen molar-refractivity contribution in [3.05, 3.63) is 28.2 Å². The van der Waals surface area contributed by atoms with E-state index < -0.39 is 5.60 Å². The molecule has 1 aromatic rings. The Balaban J connectivity index is 3.23. The lowest BCUT2D eigenvalue weighted by atomic mass is 10.1. The van der Waals surface area contributed by atoms with Crippen LogP contribution in [0.3, 0.4) is 0 Å². The van der Waals surface area contributed by atoms with Gasteiger partial charge in [-0.1, -0.05) is 0 Å². The summed E-state index contributed by atoms with van der Waals surface area (Å²) in [5.74, 6) is 0. The van der Waals surface area contributed by atoms with Gasteiger partial charge in [0, 0.05) is 13.1 Å². The molecule has 4 heteroatoms. The fraction of sp³-hybridized carbons (Fsp3) is 0.500. The van der Waals surface area contributed by atoms with Gasteiger partial charge in [-0.3, -0.25) is 4.79 Å². The van der Waals surface area contributed by atoms with Crippen LogP contribution in [-0.2, 0) is 12.6 Å². The summed E-state index contributed by atoms with van der Waals surface area (Å²) in [5, 5.41) is 13.4. The number of rotatable bonds is 1. The van der Waals surface area contributed by atoms with E-state index in [1.807, 2.05) is 0 Å². The zero-order valence-electron chi connectivity index (χ0n) is 7.40. The van der Waals surface area contributed by atoms with E-state index >= 15 is 0 Å². The van der Waals surface area contributed by atoms with Crippen LogP contribution in [0.5, 0.6) is 0 Å². The predicted molar refractivity (Wildman–Crippen MR) is 44.7 cm³/mol. The molecule has 0 spiro atoms. The maximum absolute atomic E-state index is 10.9. The first-order valence-electron chi connectivity index (χ1n) is 3.68. The van der Waals surface area contributed by atoms with Gasteiger partial charge < -0.3 is 5.11 Å². The highest BCUT2D eigenvalue weighted by Gasteiger charge is 2.17. The second kappa shape index (κ2) is 2.71. The second-order valence-electron chi connectivity index (χ2n) is 3.24. The fourth-order valence-corrected chi connectivity index (χ4v) is 0.829. The van der Waals surface area contributed by atoms with Crippen molar-refractivity contribution in [3.63, 3.8) is 0 Å².